The van der Waals surface area contributed by atoms with E-state index in [1.807, 2.05) is 0 Å². The van der Waals surface area contributed by atoms with Crippen molar-refractivity contribution in [1.82, 2.24) is 15.5 Å². The van der Waals surface area contributed by atoms with Gasteiger partial charge in [0.05, 0.1) is 37.3 Å². The summed E-state index contributed by atoms with van der Waals surface area (Å²) in [5, 5.41) is 7.63. The van der Waals surface area contributed by atoms with Crippen molar-refractivity contribution in [3.05, 3.63) is 11.7 Å². The van der Waals surface area contributed by atoms with Crippen molar-refractivity contribution >= 4 is 0 Å². The summed E-state index contributed by atoms with van der Waals surface area (Å²) in [4.78, 5) is 4.65. The maximum atomic E-state index is 5.88. The maximum absolute atomic E-state index is 5.88. The molecule has 3 saturated heterocycles. The molecule has 1 aromatic heterocycles. The molecule has 6 nitrogen and oxygen atoms in total. The number of likely N-dealkylation sites (N-methyl/N-ethyl adjacent to an activating group) is 1. The van der Waals surface area contributed by atoms with Crippen LogP contribution in [0.2, 0.25) is 0 Å². The lowest BCUT2D eigenvalue weighted by molar-refractivity contribution is 0.0996. The van der Waals surface area contributed by atoms with Gasteiger partial charge in [-0.1, -0.05) is 12.1 Å². The normalized spacial score (nSPS) is 39.8. The van der Waals surface area contributed by atoms with Crippen molar-refractivity contribution in [2.45, 2.75) is 56.3 Å². The van der Waals surface area contributed by atoms with Crippen molar-refractivity contribution in [1.29, 1.82) is 0 Å². The van der Waals surface area contributed by atoms with Crippen molar-refractivity contribution in [2.75, 3.05) is 19.8 Å². The molecule has 2 bridgehead atoms. The van der Waals surface area contributed by atoms with Crippen LogP contribution in [0.1, 0.15) is 49.7 Å². The highest BCUT2D eigenvalue weighted by Gasteiger charge is 2.44. The van der Waals surface area contributed by atoms with Crippen LogP contribution in [0.3, 0.4) is 0 Å². The van der Waals surface area contributed by atoms with E-state index < -0.39 is 0 Å². The van der Waals surface area contributed by atoms with Gasteiger partial charge in [-0.15, -0.1) is 0 Å². The molecule has 6 heteroatoms. The van der Waals surface area contributed by atoms with Gasteiger partial charge in [0.1, 0.15) is 0 Å². The zero-order valence-corrected chi connectivity index (χ0v) is 11.7. The van der Waals surface area contributed by atoms with Crippen LogP contribution in [0.5, 0.6) is 0 Å². The predicted octanol–water partition coefficient (Wildman–Crippen LogP) is 1.20. The third-order valence-corrected chi connectivity index (χ3v) is 4.76. The molecule has 4 rings (SSSR count). The van der Waals surface area contributed by atoms with Crippen LogP contribution in [0, 0.1) is 0 Å². The minimum absolute atomic E-state index is 0.177. The summed E-state index contributed by atoms with van der Waals surface area (Å²) >= 11 is 0. The molecule has 1 N–H and O–H groups in total. The van der Waals surface area contributed by atoms with Crippen LogP contribution in [0.25, 0.3) is 0 Å². The summed E-state index contributed by atoms with van der Waals surface area (Å²) in [6.45, 7) is 4.40. The minimum atomic E-state index is 0.177. The summed E-state index contributed by atoms with van der Waals surface area (Å²) in [5.74, 6) is 2.04. The zero-order chi connectivity index (χ0) is 13.5. The number of nitrogens with zero attached hydrogens (tertiary/aromatic N) is 2. The van der Waals surface area contributed by atoms with Crippen LogP contribution in [0.4, 0.5) is 0 Å². The summed E-state index contributed by atoms with van der Waals surface area (Å²) in [6.07, 6.45) is 4.07. The van der Waals surface area contributed by atoms with Gasteiger partial charge in [0.15, 0.2) is 5.82 Å². The van der Waals surface area contributed by atoms with Gasteiger partial charge >= 0.3 is 0 Å². The lowest BCUT2D eigenvalue weighted by atomic mass is 9.89. The van der Waals surface area contributed by atoms with Gasteiger partial charge in [-0.3, -0.25) is 0 Å². The molecule has 20 heavy (non-hydrogen) atoms. The molecule has 5 atom stereocenters. The first kappa shape index (κ1) is 12.7. The number of hydrogen-bond donors (Lipinski definition) is 1. The quantitative estimate of drug-likeness (QED) is 0.893. The van der Waals surface area contributed by atoms with E-state index in [1.54, 1.807) is 0 Å². The molecule has 0 spiro atoms. The Kier molecular flexibility index (Phi) is 3.24. The van der Waals surface area contributed by atoms with Gasteiger partial charge < -0.3 is 19.3 Å². The van der Waals surface area contributed by atoms with E-state index in [-0.39, 0.29) is 12.0 Å². The monoisotopic (exact) mass is 279 g/mol. The second-order valence-electron chi connectivity index (χ2n) is 6.02. The number of fused-ring (bicyclic) bond motifs is 2. The molecule has 0 amide bonds. The predicted molar refractivity (Wildman–Crippen MR) is 70.6 cm³/mol. The Labute approximate surface area is 118 Å². The fourth-order valence-corrected chi connectivity index (χ4v) is 3.72. The molecule has 110 valence electrons. The van der Waals surface area contributed by atoms with E-state index in [4.69, 9.17) is 14.0 Å². The first-order valence-corrected chi connectivity index (χ1v) is 7.65. The summed E-state index contributed by atoms with van der Waals surface area (Å²) in [7, 11) is 0. The SMILES string of the molecule is CCNC1COCC1c1nc(C2CC3CCC2O3)no1. The molecule has 3 aliphatic heterocycles. The number of aromatic nitrogens is 2. The number of rotatable bonds is 4. The number of nitrogens with one attached hydrogen (secondary N) is 1. The first-order valence-electron chi connectivity index (χ1n) is 7.65. The topological polar surface area (TPSA) is 69.4 Å². The molecule has 3 aliphatic rings. The van der Waals surface area contributed by atoms with Gasteiger partial charge in [-0.25, -0.2) is 0 Å². The molecule has 0 aliphatic carbocycles. The van der Waals surface area contributed by atoms with Gasteiger partial charge in [0.2, 0.25) is 5.89 Å². The molecular weight excluding hydrogens is 258 g/mol. The van der Waals surface area contributed by atoms with Crippen molar-refractivity contribution in [3.63, 3.8) is 0 Å². The second kappa shape index (κ2) is 5.09. The number of ether oxygens (including phenoxy) is 2. The average Bonchev–Trinajstić information content (AvgIpc) is 3.22. The van der Waals surface area contributed by atoms with Crippen LogP contribution in [0.15, 0.2) is 4.52 Å². The van der Waals surface area contributed by atoms with Crippen molar-refractivity contribution in [2.24, 2.45) is 0 Å². The standard InChI is InChI=1S/C14H21N3O3/c1-2-15-11-7-18-6-10(11)14-16-13(17-20-14)9-5-8-3-4-12(9)19-8/h8-12,15H,2-7H2,1H3. The fourth-order valence-electron chi connectivity index (χ4n) is 3.72. The van der Waals surface area contributed by atoms with Gasteiger partial charge in [-0.05, 0) is 25.8 Å². The summed E-state index contributed by atoms with van der Waals surface area (Å²) in [6, 6.07) is 0.282. The van der Waals surface area contributed by atoms with E-state index in [9.17, 15) is 0 Å². The van der Waals surface area contributed by atoms with E-state index in [2.05, 4.69) is 22.4 Å². The Morgan fingerprint density at radius 2 is 2.20 bits per heavy atom. The zero-order valence-electron chi connectivity index (χ0n) is 11.7. The van der Waals surface area contributed by atoms with E-state index in [1.165, 1.54) is 6.42 Å². The van der Waals surface area contributed by atoms with Gasteiger partial charge in [0.25, 0.3) is 0 Å². The van der Waals surface area contributed by atoms with Gasteiger partial charge in [0, 0.05) is 6.04 Å². The Bertz CT molecular complexity index is 478. The maximum Gasteiger partial charge on any atom is 0.233 e. The average molecular weight is 279 g/mol. The van der Waals surface area contributed by atoms with E-state index in [0.717, 1.165) is 25.2 Å². The fraction of sp³-hybridized carbons (Fsp3) is 0.857. The van der Waals surface area contributed by atoms with Crippen molar-refractivity contribution < 1.29 is 14.0 Å². The third kappa shape index (κ3) is 2.06. The van der Waals surface area contributed by atoms with Crippen LogP contribution >= 0.6 is 0 Å². The smallest absolute Gasteiger partial charge is 0.233 e. The highest BCUT2D eigenvalue weighted by atomic mass is 16.5. The largest absolute Gasteiger partial charge is 0.379 e. The van der Waals surface area contributed by atoms with Crippen LogP contribution in [-0.2, 0) is 9.47 Å². The molecule has 4 heterocycles. The van der Waals surface area contributed by atoms with Crippen LogP contribution in [-0.4, -0.2) is 48.1 Å². The lowest BCUT2D eigenvalue weighted by Gasteiger charge is -2.15. The molecule has 0 radical (unpaired) electrons. The molecule has 5 unspecified atom stereocenters. The van der Waals surface area contributed by atoms with E-state index in [0.29, 0.717) is 37.2 Å². The summed E-state index contributed by atoms with van der Waals surface area (Å²) in [5.41, 5.74) is 0. The molecule has 1 aromatic rings. The highest BCUT2D eigenvalue weighted by Crippen LogP contribution is 2.43. The molecule has 0 saturated carbocycles. The third-order valence-electron chi connectivity index (χ3n) is 4.76. The molecule has 0 aromatic carbocycles. The molecular formula is C14H21N3O3. The van der Waals surface area contributed by atoms with Crippen molar-refractivity contribution in [3.8, 4) is 0 Å². The Balaban J connectivity index is 1.50. The lowest BCUT2D eigenvalue weighted by Crippen LogP contribution is -2.34. The Morgan fingerprint density at radius 1 is 1.25 bits per heavy atom. The van der Waals surface area contributed by atoms with Crippen LogP contribution < -0.4 is 5.32 Å². The summed E-state index contributed by atoms with van der Waals surface area (Å²) < 4.78 is 16.9. The Morgan fingerprint density at radius 3 is 2.95 bits per heavy atom. The first-order chi connectivity index (χ1) is 9.85. The molecule has 3 fully saturated rings. The highest BCUT2D eigenvalue weighted by molar-refractivity contribution is 5.09. The second-order valence-corrected chi connectivity index (χ2v) is 6.02. The minimum Gasteiger partial charge on any atom is -0.379 e. The van der Waals surface area contributed by atoms with E-state index >= 15 is 0 Å². The Hall–Kier alpha value is -0.980. The number of hydrogen-bond acceptors (Lipinski definition) is 6. The van der Waals surface area contributed by atoms with Gasteiger partial charge in [-0.2, -0.15) is 4.98 Å².